The van der Waals surface area contributed by atoms with E-state index in [4.69, 9.17) is 5.73 Å². The van der Waals surface area contributed by atoms with E-state index in [2.05, 4.69) is 5.32 Å². The maximum Gasteiger partial charge on any atom is 0.138 e. The van der Waals surface area contributed by atoms with Crippen LogP contribution >= 0.6 is 22.6 Å². The van der Waals surface area contributed by atoms with Gasteiger partial charge in [0.1, 0.15) is 11.6 Å². The molecule has 0 radical (unpaired) electrons. The number of nitrogen functional groups attached to an aromatic ring is 1. The quantitative estimate of drug-likeness (QED) is 0.622. The normalized spacial score (nSPS) is 10.4. The van der Waals surface area contributed by atoms with Gasteiger partial charge in [-0.1, -0.05) is 6.07 Å². The van der Waals surface area contributed by atoms with Crippen molar-refractivity contribution < 1.29 is 8.78 Å². The van der Waals surface area contributed by atoms with Crippen LogP contribution in [0.25, 0.3) is 0 Å². The van der Waals surface area contributed by atoms with Crippen LogP contribution in [0.4, 0.5) is 25.8 Å². The zero-order valence-corrected chi connectivity index (χ0v) is 11.8. The molecule has 2 aromatic rings. The topological polar surface area (TPSA) is 38.0 Å². The highest BCUT2D eigenvalue weighted by atomic mass is 127. The van der Waals surface area contributed by atoms with Crippen LogP contribution in [-0.2, 0) is 0 Å². The van der Waals surface area contributed by atoms with Gasteiger partial charge in [-0.05, 0) is 53.3 Å². The second kappa shape index (κ2) is 5.09. The maximum atomic E-state index is 13.5. The van der Waals surface area contributed by atoms with Crippen molar-refractivity contribution in [1.82, 2.24) is 0 Å². The molecule has 2 rings (SSSR count). The van der Waals surface area contributed by atoms with E-state index >= 15 is 0 Å². The minimum Gasteiger partial charge on any atom is -0.397 e. The number of halogens is 3. The molecule has 2 nitrogen and oxygen atoms in total. The van der Waals surface area contributed by atoms with Crippen LogP contribution in [0, 0.1) is 22.1 Å². The minimum atomic E-state index is -0.360. The van der Waals surface area contributed by atoms with Crippen LogP contribution < -0.4 is 11.1 Å². The van der Waals surface area contributed by atoms with E-state index in [-0.39, 0.29) is 11.6 Å². The molecule has 94 valence electrons. The molecule has 5 heteroatoms. The highest BCUT2D eigenvalue weighted by Gasteiger charge is 2.08. The number of aryl methyl sites for hydroxylation is 1. The molecule has 2 aromatic carbocycles. The standard InChI is InChI=1S/C13H11F2IN2/c1-7-2-3-8(14)4-12(7)18-13-5-9(15)10(16)6-11(13)17/h2-6,18H,17H2,1H3. The van der Waals surface area contributed by atoms with Crippen molar-refractivity contribution in [3.05, 3.63) is 51.1 Å². The first-order valence-electron chi connectivity index (χ1n) is 5.25. The number of anilines is 3. The molecule has 0 unspecified atom stereocenters. The Morgan fingerprint density at radius 2 is 1.83 bits per heavy atom. The van der Waals surface area contributed by atoms with Gasteiger partial charge in [0.15, 0.2) is 0 Å². The van der Waals surface area contributed by atoms with Crippen LogP contribution in [0.1, 0.15) is 5.56 Å². The van der Waals surface area contributed by atoms with Crippen molar-refractivity contribution in [1.29, 1.82) is 0 Å². The average Bonchev–Trinajstić information content (AvgIpc) is 2.30. The highest BCUT2D eigenvalue weighted by Crippen LogP contribution is 2.28. The number of benzene rings is 2. The molecule has 0 aliphatic heterocycles. The van der Waals surface area contributed by atoms with E-state index in [1.54, 1.807) is 6.07 Å². The molecule has 0 aromatic heterocycles. The predicted molar refractivity (Wildman–Crippen MR) is 77.9 cm³/mol. The van der Waals surface area contributed by atoms with Crippen LogP contribution in [0.3, 0.4) is 0 Å². The highest BCUT2D eigenvalue weighted by molar-refractivity contribution is 14.1. The molecule has 0 heterocycles. The molecular formula is C13H11F2IN2. The van der Waals surface area contributed by atoms with Gasteiger partial charge in [0.25, 0.3) is 0 Å². The Balaban J connectivity index is 2.40. The lowest BCUT2D eigenvalue weighted by Gasteiger charge is -2.12. The first-order valence-corrected chi connectivity index (χ1v) is 6.33. The lowest BCUT2D eigenvalue weighted by molar-refractivity contribution is 0.621. The Kier molecular flexibility index (Phi) is 3.70. The summed E-state index contributed by atoms with van der Waals surface area (Å²) < 4.78 is 27.1. The van der Waals surface area contributed by atoms with Crippen molar-refractivity contribution in [2.75, 3.05) is 11.1 Å². The number of hydrogen-bond acceptors (Lipinski definition) is 2. The van der Waals surface area contributed by atoms with Crippen molar-refractivity contribution in [2.45, 2.75) is 6.92 Å². The van der Waals surface area contributed by atoms with Gasteiger partial charge in [-0.2, -0.15) is 0 Å². The third kappa shape index (κ3) is 2.72. The molecule has 3 N–H and O–H groups in total. The fourth-order valence-electron chi connectivity index (χ4n) is 1.54. The van der Waals surface area contributed by atoms with Gasteiger partial charge in [0, 0.05) is 11.8 Å². The van der Waals surface area contributed by atoms with Crippen LogP contribution in [0.15, 0.2) is 30.3 Å². The van der Waals surface area contributed by atoms with Crippen molar-refractivity contribution in [3.8, 4) is 0 Å². The second-order valence-corrected chi connectivity index (χ2v) is 5.10. The van der Waals surface area contributed by atoms with Crippen molar-refractivity contribution in [2.24, 2.45) is 0 Å². The van der Waals surface area contributed by atoms with E-state index in [1.807, 2.05) is 29.5 Å². The fourth-order valence-corrected chi connectivity index (χ4v) is 2.04. The summed E-state index contributed by atoms with van der Waals surface area (Å²) in [4.78, 5) is 0. The first kappa shape index (κ1) is 13.1. The summed E-state index contributed by atoms with van der Waals surface area (Å²) in [6.07, 6.45) is 0. The molecule has 0 fully saturated rings. The number of nitrogens with two attached hydrogens (primary N) is 1. The molecule has 0 spiro atoms. The molecule has 0 amide bonds. The van der Waals surface area contributed by atoms with Gasteiger partial charge in [0.2, 0.25) is 0 Å². The van der Waals surface area contributed by atoms with Crippen LogP contribution in [0.2, 0.25) is 0 Å². The van der Waals surface area contributed by atoms with E-state index in [9.17, 15) is 8.78 Å². The molecule has 0 aliphatic carbocycles. The largest absolute Gasteiger partial charge is 0.397 e. The van der Waals surface area contributed by atoms with Gasteiger partial charge >= 0.3 is 0 Å². The summed E-state index contributed by atoms with van der Waals surface area (Å²) in [6.45, 7) is 1.83. The molecule has 0 saturated heterocycles. The number of nitrogens with one attached hydrogen (secondary N) is 1. The van der Waals surface area contributed by atoms with Crippen LogP contribution in [0.5, 0.6) is 0 Å². The molecule has 18 heavy (non-hydrogen) atoms. The zero-order chi connectivity index (χ0) is 13.3. The minimum absolute atomic E-state index is 0.354. The second-order valence-electron chi connectivity index (χ2n) is 3.94. The van der Waals surface area contributed by atoms with Gasteiger partial charge in [-0.25, -0.2) is 8.78 Å². The van der Waals surface area contributed by atoms with Crippen LogP contribution in [-0.4, -0.2) is 0 Å². The molecule has 0 saturated carbocycles. The molecule has 0 aliphatic rings. The van der Waals surface area contributed by atoms with E-state index in [0.29, 0.717) is 20.6 Å². The third-order valence-electron chi connectivity index (χ3n) is 2.56. The first-order chi connectivity index (χ1) is 8.47. The number of rotatable bonds is 2. The Bertz CT molecular complexity index is 600. The van der Waals surface area contributed by atoms with E-state index in [0.717, 1.165) is 5.56 Å². The van der Waals surface area contributed by atoms with Gasteiger partial charge < -0.3 is 11.1 Å². The Morgan fingerprint density at radius 1 is 1.11 bits per heavy atom. The summed E-state index contributed by atoms with van der Waals surface area (Å²) in [7, 11) is 0. The maximum absolute atomic E-state index is 13.5. The summed E-state index contributed by atoms with van der Waals surface area (Å²) in [5.41, 5.74) is 8.08. The molecule has 0 atom stereocenters. The Labute approximate surface area is 117 Å². The molecular weight excluding hydrogens is 349 g/mol. The van der Waals surface area contributed by atoms with Gasteiger partial charge in [0.05, 0.1) is 14.9 Å². The average molecular weight is 360 g/mol. The third-order valence-corrected chi connectivity index (χ3v) is 3.39. The van der Waals surface area contributed by atoms with Crippen molar-refractivity contribution in [3.63, 3.8) is 0 Å². The monoisotopic (exact) mass is 360 g/mol. The smallest absolute Gasteiger partial charge is 0.138 e. The summed E-state index contributed by atoms with van der Waals surface area (Å²) in [5.74, 6) is -0.714. The van der Waals surface area contributed by atoms with Gasteiger partial charge in [-0.3, -0.25) is 0 Å². The Morgan fingerprint density at radius 3 is 2.56 bits per heavy atom. The zero-order valence-electron chi connectivity index (χ0n) is 9.60. The summed E-state index contributed by atoms with van der Waals surface area (Å²) in [6, 6.07) is 7.22. The van der Waals surface area contributed by atoms with Gasteiger partial charge in [-0.15, -0.1) is 0 Å². The summed E-state index contributed by atoms with van der Waals surface area (Å²) >= 11 is 1.87. The Hall–Kier alpha value is -1.37. The lowest BCUT2D eigenvalue weighted by Crippen LogP contribution is -2.00. The molecule has 0 bridgehead atoms. The fraction of sp³-hybridized carbons (Fsp3) is 0.0769. The van der Waals surface area contributed by atoms with E-state index in [1.165, 1.54) is 24.3 Å². The van der Waals surface area contributed by atoms with E-state index < -0.39 is 0 Å². The number of hydrogen-bond donors (Lipinski definition) is 2. The summed E-state index contributed by atoms with van der Waals surface area (Å²) in [5, 5.41) is 2.94. The predicted octanol–water partition coefficient (Wildman–Crippen LogP) is 4.20. The van der Waals surface area contributed by atoms with Crippen molar-refractivity contribution >= 4 is 39.7 Å². The lowest BCUT2D eigenvalue weighted by atomic mass is 10.2. The SMILES string of the molecule is Cc1ccc(F)cc1Nc1cc(F)c(I)cc1N.